The lowest BCUT2D eigenvalue weighted by Crippen LogP contribution is -2.31. The first-order valence-electron chi connectivity index (χ1n) is 8.83. The molecule has 0 saturated heterocycles. The molecule has 26 heavy (non-hydrogen) atoms. The summed E-state index contributed by atoms with van der Waals surface area (Å²) < 4.78 is 5.64. The Bertz CT molecular complexity index is 773. The third-order valence-corrected chi connectivity index (χ3v) is 5.46. The van der Waals surface area contributed by atoms with Crippen LogP contribution in [0.15, 0.2) is 45.6 Å². The SMILES string of the molecule is C[C@H](Sc1nnc(-c2ccc(Cl)cc2)o1)C(=O)NCCC1=CCCCC1. The van der Waals surface area contributed by atoms with Crippen LogP contribution < -0.4 is 5.32 Å². The van der Waals surface area contributed by atoms with E-state index < -0.39 is 0 Å². The lowest BCUT2D eigenvalue weighted by Gasteiger charge is -2.14. The van der Waals surface area contributed by atoms with Gasteiger partial charge in [0.05, 0.1) is 5.25 Å². The van der Waals surface area contributed by atoms with Gasteiger partial charge in [-0.05, 0) is 63.3 Å². The molecule has 1 aromatic heterocycles. The summed E-state index contributed by atoms with van der Waals surface area (Å²) in [5, 5.41) is 11.8. The zero-order valence-electron chi connectivity index (χ0n) is 14.7. The minimum absolute atomic E-state index is 0.0161. The van der Waals surface area contributed by atoms with E-state index in [9.17, 15) is 4.79 Å². The van der Waals surface area contributed by atoms with Crippen molar-refractivity contribution in [1.82, 2.24) is 15.5 Å². The summed E-state index contributed by atoms with van der Waals surface area (Å²) in [5.41, 5.74) is 2.26. The van der Waals surface area contributed by atoms with Crippen molar-refractivity contribution in [3.63, 3.8) is 0 Å². The maximum absolute atomic E-state index is 12.2. The van der Waals surface area contributed by atoms with Crippen LogP contribution in [-0.4, -0.2) is 27.9 Å². The minimum atomic E-state index is -0.297. The number of benzene rings is 1. The smallest absolute Gasteiger partial charge is 0.277 e. The number of allylic oxidation sites excluding steroid dienone is 1. The topological polar surface area (TPSA) is 68.0 Å². The fraction of sp³-hybridized carbons (Fsp3) is 0.421. The van der Waals surface area contributed by atoms with Crippen LogP contribution in [0.5, 0.6) is 0 Å². The molecular formula is C19H22ClN3O2S. The van der Waals surface area contributed by atoms with E-state index in [-0.39, 0.29) is 11.2 Å². The molecule has 0 unspecified atom stereocenters. The van der Waals surface area contributed by atoms with Crippen LogP contribution >= 0.6 is 23.4 Å². The minimum Gasteiger partial charge on any atom is -0.411 e. The van der Waals surface area contributed by atoms with Crippen LogP contribution in [0, 0.1) is 0 Å². The van der Waals surface area contributed by atoms with Gasteiger partial charge in [0.15, 0.2) is 0 Å². The Balaban J connectivity index is 1.48. The average molecular weight is 392 g/mol. The number of hydrogen-bond acceptors (Lipinski definition) is 5. The standard InChI is InChI=1S/C19H22ClN3O2S/c1-13(17(24)21-12-11-14-5-3-2-4-6-14)26-19-23-22-18(25-19)15-7-9-16(20)10-8-15/h5,7-10,13H,2-4,6,11-12H2,1H3,(H,21,24)/t13-/m0/s1. The maximum Gasteiger partial charge on any atom is 0.277 e. The molecule has 0 radical (unpaired) electrons. The molecule has 7 heteroatoms. The molecule has 0 aliphatic heterocycles. The summed E-state index contributed by atoms with van der Waals surface area (Å²) in [6, 6.07) is 7.18. The molecule has 3 rings (SSSR count). The van der Waals surface area contributed by atoms with E-state index in [2.05, 4.69) is 21.6 Å². The van der Waals surface area contributed by atoms with Gasteiger partial charge in [0.1, 0.15) is 0 Å². The first kappa shape index (κ1) is 19.0. The molecular weight excluding hydrogens is 370 g/mol. The quantitative estimate of drug-likeness (QED) is 0.538. The Kier molecular flexibility index (Phi) is 6.74. The Morgan fingerprint density at radius 3 is 2.85 bits per heavy atom. The van der Waals surface area contributed by atoms with Gasteiger partial charge in [0.2, 0.25) is 11.8 Å². The Morgan fingerprint density at radius 2 is 2.12 bits per heavy atom. The highest BCUT2D eigenvalue weighted by molar-refractivity contribution is 8.00. The van der Waals surface area contributed by atoms with Gasteiger partial charge in [0.25, 0.3) is 5.22 Å². The lowest BCUT2D eigenvalue weighted by molar-refractivity contribution is -0.120. The molecule has 0 saturated carbocycles. The Hall–Kier alpha value is -1.79. The predicted molar refractivity (Wildman–Crippen MR) is 104 cm³/mol. The van der Waals surface area contributed by atoms with Gasteiger partial charge in [0, 0.05) is 17.1 Å². The van der Waals surface area contributed by atoms with Gasteiger partial charge >= 0.3 is 0 Å². The summed E-state index contributed by atoms with van der Waals surface area (Å²) in [6.45, 7) is 2.52. The zero-order chi connectivity index (χ0) is 18.4. The van der Waals surface area contributed by atoms with Crippen molar-refractivity contribution in [3.8, 4) is 11.5 Å². The highest BCUT2D eigenvalue weighted by Crippen LogP contribution is 2.27. The van der Waals surface area contributed by atoms with E-state index in [4.69, 9.17) is 16.0 Å². The van der Waals surface area contributed by atoms with Gasteiger partial charge in [-0.15, -0.1) is 10.2 Å². The second-order valence-corrected chi connectivity index (χ2v) is 8.02. The molecule has 1 atom stereocenters. The monoisotopic (exact) mass is 391 g/mol. The van der Waals surface area contributed by atoms with Crippen LogP contribution in [0.2, 0.25) is 5.02 Å². The highest BCUT2D eigenvalue weighted by Gasteiger charge is 2.18. The molecule has 1 aromatic carbocycles. The summed E-state index contributed by atoms with van der Waals surface area (Å²) in [7, 11) is 0. The molecule has 1 N–H and O–H groups in total. The van der Waals surface area contributed by atoms with Crippen molar-refractivity contribution in [2.45, 2.75) is 49.5 Å². The number of carbonyl (C=O) groups is 1. The Labute approximate surface area is 162 Å². The fourth-order valence-corrected chi connectivity index (χ4v) is 3.63. The molecule has 138 valence electrons. The van der Waals surface area contributed by atoms with Crippen molar-refractivity contribution >= 4 is 29.3 Å². The number of aromatic nitrogens is 2. The highest BCUT2D eigenvalue weighted by atomic mass is 35.5. The lowest BCUT2D eigenvalue weighted by atomic mass is 9.97. The van der Waals surface area contributed by atoms with Crippen molar-refractivity contribution in [1.29, 1.82) is 0 Å². The number of amides is 1. The Morgan fingerprint density at radius 1 is 1.31 bits per heavy atom. The second-order valence-electron chi connectivity index (χ2n) is 6.29. The van der Waals surface area contributed by atoms with Gasteiger partial charge < -0.3 is 9.73 Å². The molecule has 0 bridgehead atoms. The van der Waals surface area contributed by atoms with E-state index in [1.54, 1.807) is 12.1 Å². The van der Waals surface area contributed by atoms with Crippen molar-refractivity contribution in [2.75, 3.05) is 6.54 Å². The van der Waals surface area contributed by atoms with Crippen LogP contribution in [0.25, 0.3) is 11.5 Å². The van der Waals surface area contributed by atoms with Crippen LogP contribution in [0.1, 0.15) is 39.0 Å². The summed E-state index contributed by atoms with van der Waals surface area (Å²) in [6.07, 6.45) is 8.12. The van der Waals surface area contributed by atoms with Gasteiger partial charge in [-0.2, -0.15) is 0 Å². The van der Waals surface area contributed by atoms with Crippen molar-refractivity contribution < 1.29 is 9.21 Å². The molecule has 2 aromatic rings. The first-order valence-corrected chi connectivity index (χ1v) is 10.1. The average Bonchev–Trinajstić information content (AvgIpc) is 3.11. The zero-order valence-corrected chi connectivity index (χ0v) is 16.3. The van der Waals surface area contributed by atoms with E-state index in [1.807, 2.05) is 19.1 Å². The molecule has 5 nitrogen and oxygen atoms in total. The molecule has 1 heterocycles. The molecule has 0 spiro atoms. The molecule has 1 amide bonds. The van der Waals surface area contributed by atoms with Gasteiger partial charge in [-0.25, -0.2) is 0 Å². The van der Waals surface area contributed by atoms with Crippen LogP contribution in [0.3, 0.4) is 0 Å². The summed E-state index contributed by atoms with van der Waals surface area (Å²) >= 11 is 7.14. The first-order chi connectivity index (χ1) is 12.6. The number of nitrogens with zero attached hydrogens (tertiary/aromatic N) is 2. The normalized spacial score (nSPS) is 15.4. The number of nitrogens with one attached hydrogen (secondary N) is 1. The van der Waals surface area contributed by atoms with E-state index in [1.165, 1.54) is 36.6 Å². The van der Waals surface area contributed by atoms with Crippen LogP contribution in [-0.2, 0) is 4.79 Å². The van der Waals surface area contributed by atoms with Gasteiger partial charge in [-0.3, -0.25) is 4.79 Å². The number of thioether (sulfide) groups is 1. The third-order valence-electron chi connectivity index (χ3n) is 4.27. The summed E-state index contributed by atoms with van der Waals surface area (Å²) in [4.78, 5) is 12.2. The number of carbonyl (C=O) groups excluding carboxylic acids is 1. The maximum atomic E-state index is 12.2. The van der Waals surface area contributed by atoms with E-state index in [0.717, 1.165) is 18.4 Å². The number of hydrogen-bond donors (Lipinski definition) is 1. The van der Waals surface area contributed by atoms with Crippen molar-refractivity contribution in [3.05, 3.63) is 40.9 Å². The largest absolute Gasteiger partial charge is 0.411 e. The van der Waals surface area contributed by atoms with Crippen LogP contribution in [0.4, 0.5) is 0 Å². The number of rotatable bonds is 7. The molecule has 0 fully saturated rings. The second kappa shape index (κ2) is 9.24. The molecule has 1 aliphatic carbocycles. The fourth-order valence-electron chi connectivity index (χ4n) is 2.79. The van der Waals surface area contributed by atoms with E-state index in [0.29, 0.717) is 22.7 Å². The van der Waals surface area contributed by atoms with E-state index >= 15 is 0 Å². The van der Waals surface area contributed by atoms with Gasteiger partial charge in [-0.1, -0.05) is 35.0 Å². The summed E-state index contributed by atoms with van der Waals surface area (Å²) in [5.74, 6) is 0.402. The number of halogens is 1. The predicted octanol–water partition coefficient (Wildman–Crippen LogP) is 4.88. The van der Waals surface area contributed by atoms with Crippen molar-refractivity contribution in [2.24, 2.45) is 0 Å². The molecule has 1 aliphatic rings. The third kappa shape index (κ3) is 5.35.